The fourth-order valence-electron chi connectivity index (χ4n) is 1.41. The monoisotopic (exact) mass is 128 g/mol. The van der Waals surface area contributed by atoms with E-state index in [4.69, 9.17) is 5.11 Å². The first-order valence-electron chi connectivity index (χ1n) is 3.40. The maximum atomic E-state index is 10.7. The standard InChI is InChI=1S/C7H12O2/c1-5(8)6-3-2-4-7(6)9/h6-7,9H,2-4H2,1H3/t6-,7+/m0/s1. The van der Waals surface area contributed by atoms with Crippen LogP contribution in [0.15, 0.2) is 0 Å². The highest BCUT2D eigenvalue weighted by Crippen LogP contribution is 2.25. The lowest BCUT2D eigenvalue weighted by Gasteiger charge is -2.08. The third-order valence-corrected chi connectivity index (χ3v) is 2.00. The van der Waals surface area contributed by atoms with Crippen molar-refractivity contribution < 1.29 is 9.90 Å². The Morgan fingerprint density at radius 3 is 2.44 bits per heavy atom. The third-order valence-electron chi connectivity index (χ3n) is 2.00. The molecule has 2 nitrogen and oxygen atoms in total. The molecule has 52 valence electrons. The van der Waals surface area contributed by atoms with Crippen LogP contribution in [0.2, 0.25) is 0 Å². The number of Topliss-reactive ketones (excluding diaryl/α,β-unsaturated/α-hetero) is 1. The van der Waals surface area contributed by atoms with Gasteiger partial charge >= 0.3 is 0 Å². The van der Waals surface area contributed by atoms with Crippen LogP contribution in [0.1, 0.15) is 26.2 Å². The predicted molar refractivity (Wildman–Crippen MR) is 34.0 cm³/mol. The fourth-order valence-corrected chi connectivity index (χ4v) is 1.41. The fraction of sp³-hybridized carbons (Fsp3) is 0.857. The Hall–Kier alpha value is -0.370. The second kappa shape index (κ2) is 2.48. The molecule has 9 heavy (non-hydrogen) atoms. The van der Waals surface area contributed by atoms with Crippen LogP contribution in [-0.2, 0) is 4.79 Å². The summed E-state index contributed by atoms with van der Waals surface area (Å²) in [4.78, 5) is 10.7. The number of aliphatic hydroxyl groups excluding tert-OH is 1. The highest BCUT2D eigenvalue weighted by Gasteiger charge is 2.28. The van der Waals surface area contributed by atoms with Crippen LogP contribution in [0, 0.1) is 5.92 Å². The summed E-state index contributed by atoms with van der Waals surface area (Å²) < 4.78 is 0. The van der Waals surface area contributed by atoms with Gasteiger partial charge in [0.15, 0.2) is 0 Å². The van der Waals surface area contributed by atoms with E-state index in [0.717, 1.165) is 19.3 Å². The molecule has 0 aromatic carbocycles. The van der Waals surface area contributed by atoms with Crippen LogP contribution in [0.25, 0.3) is 0 Å². The van der Waals surface area contributed by atoms with Gasteiger partial charge in [0, 0.05) is 5.92 Å². The van der Waals surface area contributed by atoms with Gasteiger partial charge < -0.3 is 5.11 Å². The maximum Gasteiger partial charge on any atom is 0.135 e. The van der Waals surface area contributed by atoms with Gasteiger partial charge in [-0.1, -0.05) is 6.42 Å². The zero-order chi connectivity index (χ0) is 6.85. The molecule has 0 radical (unpaired) electrons. The van der Waals surface area contributed by atoms with Crippen molar-refractivity contribution in [2.75, 3.05) is 0 Å². The van der Waals surface area contributed by atoms with Gasteiger partial charge in [-0.05, 0) is 19.8 Å². The molecular formula is C7H12O2. The van der Waals surface area contributed by atoms with E-state index in [-0.39, 0.29) is 17.8 Å². The summed E-state index contributed by atoms with van der Waals surface area (Å²) >= 11 is 0. The number of ketones is 1. The van der Waals surface area contributed by atoms with Crippen LogP contribution in [0.3, 0.4) is 0 Å². The molecule has 1 rings (SSSR count). The van der Waals surface area contributed by atoms with Crippen molar-refractivity contribution in [2.45, 2.75) is 32.3 Å². The SMILES string of the molecule is CC(=O)[C@@H]1CCC[C@H]1O. The summed E-state index contributed by atoms with van der Waals surface area (Å²) in [6.07, 6.45) is 2.36. The Morgan fingerprint density at radius 1 is 1.56 bits per heavy atom. The molecule has 0 aromatic heterocycles. The minimum absolute atomic E-state index is 0.0509. The molecule has 0 unspecified atom stereocenters. The summed E-state index contributed by atoms with van der Waals surface area (Å²) in [5, 5.41) is 9.14. The Kier molecular flexibility index (Phi) is 1.86. The van der Waals surface area contributed by atoms with Crippen molar-refractivity contribution in [3.8, 4) is 0 Å². The Morgan fingerprint density at radius 2 is 2.22 bits per heavy atom. The number of carbonyl (C=O) groups excluding carboxylic acids is 1. The van der Waals surface area contributed by atoms with Crippen molar-refractivity contribution in [1.29, 1.82) is 0 Å². The number of rotatable bonds is 1. The highest BCUT2D eigenvalue weighted by molar-refractivity contribution is 5.79. The molecule has 0 aliphatic heterocycles. The minimum atomic E-state index is -0.345. The van der Waals surface area contributed by atoms with E-state index in [1.165, 1.54) is 0 Å². The number of hydrogen-bond acceptors (Lipinski definition) is 2. The second-order valence-electron chi connectivity index (χ2n) is 2.72. The van der Waals surface area contributed by atoms with Crippen LogP contribution in [0.4, 0.5) is 0 Å². The highest BCUT2D eigenvalue weighted by atomic mass is 16.3. The summed E-state index contributed by atoms with van der Waals surface area (Å²) in [5.41, 5.74) is 0. The molecule has 1 saturated carbocycles. The topological polar surface area (TPSA) is 37.3 Å². The molecule has 0 saturated heterocycles. The molecule has 1 N–H and O–H groups in total. The molecule has 0 amide bonds. The van der Waals surface area contributed by atoms with E-state index in [1.807, 2.05) is 0 Å². The molecule has 2 atom stereocenters. The van der Waals surface area contributed by atoms with E-state index in [1.54, 1.807) is 6.92 Å². The summed E-state index contributed by atoms with van der Waals surface area (Å²) in [6, 6.07) is 0. The van der Waals surface area contributed by atoms with E-state index >= 15 is 0 Å². The molecule has 1 aliphatic rings. The van der Waals surface area contributed by atoms with Gasteiger partial charge in [-0.25, -0.2) is 0 Å². The van der Waals surface area contributed by atoms with Gasteiger partial charge in [0.2, 0.25) is 0 Å². The summed E-state index contributed by atoms with van der Waals surface area (Å²) in [7, 11) is 0. The molecule has 2 heteroatoms. The van der Waals surface area contributed by atoms with Gasteiger partial charge in [-0.2, -0.15) is 0 Å². The smallest absolute Gasteiger partial charge is 0.135 e. The number of aliphatic hydroxyl groups is 1. The van der Waals surface area contributed by atoms with Gasteiger partial charge in [0.1, 0.15) is 5.78 Å². The molecule has 0 aromatic rings. The lowest BCUT2D eigenvalue weighted by atomic mass is 10.0. The lowest BCUT2D eigenvalue weighted by molar-refractivity contribution is -0.123. The van der Waals surface area contributed by atoms with Gasteiger partial charge in [-0.15, -0.1) is 0 Å². The van der Waals surface area contributed by atoms with Crippen molar-refractivity contribution in [3.05, 3.63) is 0 Å². The molecule has 1 aliphatic carbocycles. The van der Waals surface area contributed by atoms with E-state index in [0.29, 0.717) is 0 Å². The minimum Gasteiger partial charge on any atom is -0.392 e. The van der Waals surface area contributed by atoms with Gasteiger partial charge in [-0.3, -0.25) is 4.79 Å². The van der Waals surface area contributed by atoms with E-state index < -0.39 is 0 Å². The Balaban J connectivity index is 2.49. The van der Waals surface area contributed by atoms with E-state index in [2.05, 4.69) is 0 Å². The summed E-state index contributed by atoms with van der Waals surface area (Å²) in [5.74, 6) is 0.0880. The second-order valence-corrected chi connectivity index (χ2v) is 2.72. The Bertz CT molecular complexity index is 120. The molecule has 1 fully saturated rings. The van der Waals surface area contributed by atoms with Crippen LogP contribution in [-0.4, -0.2) is 17.0 Å². The largest absolute Gasteiger partial charge is 0.392 e. The molecule has 0 spiro atoms. The first-order chi connectivity index (χ1) is 4.22. The van der Waals surface area contributed by atoms with Crippen molar-refractivity contribution in [1.82, 2.24) is 0 Å². The van der Waals surface area contributed by atoms with Crippen molar-refractivity contribution in [3.63, 3.8) is 0 Å². The molecule has 0 heterocycles. The van der Waals surface area contributed by atoms with Crippen molar-refractivity contribution in [2.24, 2.45) is 5.92 Å². The zero-order valence-electron chi connectivity index (χ0n) is 5.63. The van der Waals surface area contributed by atoms with E-state index in [9.17, 15) is 4.79 Å². The third kappa shape index (κ3) is 1.30. The zero-order valence-corrected chi connectivity index (χ0v) is 5.63. The average molecular weight is 128 g/mol. The van der Waals surface area contributed by atoms with Crippen molar-refractivity contribution >= 4 is 5.78 Å². The molecule has 0 bridgehead atoms. The first-order valence-corrected chi connectivity index (χ1v) is 3.40. The van der Waals surface area contributed by atoms with Gasteiger partial charge in [0.05, 0.1) is 6.10 Å². The predicted octanol–water partition coefficient (Wildman–Crippen LogP) is 0.736. The normalized spacial score (nSPS) is 34.9. The summed E-state index contributed by atoms with van der Waals surface area (Å²) in [6.45, 7) is 1.55. The van der Waals surface area contributed by atoms with Crippen LogP contribution in [0.5, 0.6) is 0 Å². The number of carbonyl (C=O) groups is 1. The first kappa shape index (κ1) is 6.75. The maximum absolute atomic E-state index is 10.7. The average Bonchev–Trinajstić information content (AvgIpc) is 2.13. The quantitative estimate of drug-likeness (QED) is 0.565. The number of hydrogen-bond donors (Lipinski definition) is 1. The lowest BCUT2D eigenvalue weighted by Crippen LogP contribution is -2.19. The van der Waals surface area contributed by atoms with Gasteiger partial charge in [0.25, 0.3) is 0 Å². The Labute approximate surface area is 54.9 Å². The molecular weight excluding hydrogens is 116 g/mol. The van der Waals surface area contributed by atoms with Crippen LogP contribution < -0.4 is 0 Å². The van der Waals surface area contributed by atoms with Crippen LogP contribution >= 0.6 is 0 Å².